The van der Waals surface area contributed by atoms with E-state index < -0.39 is 0 Å². The second kappa shape index (κ2) is 6.82. The standard InChI is InChI=1S/C21H23N3O/c22-12-11-14-1-9-19-17(13-14)6-10-20(24-19)25-18-7-4-16(5-8-18)21(23)15-2-3-15/h1,4-10,13,15,21H,2-3,11-12,22-23H2. The van der Waals surface area contributed by atoms with Crippen molar-refractivity contribution in [3.63, 3.8) is 0 Å². The van der Waals surface area contributed by atoms with Crippen molar-refractivity contribution in [1.82, 2.24) is 4.98 Å². The van der Waals surface area contributed by atoms with Gasteiger partial charge in [-0.1, -0.05) is 18.2 Å². The number of hydrogen-bond acceptors (Lipinski definition) is 4. The second-order valence-electron chi connectivity index (χ2n) is 6.75. The van der Waals surface area contributed by atoms with Gasteiger partial charge in [0.05, 0.1) is 5.52 Å². The van der Waals surface area contributed by atoms with Crippen molar-refractivity contribution < 1.29 is 4.74 Å². The van der Waals surface area contributed by atoms with E-state index in [0.29, 0.717) is 18.3 Å². The van der Waals surface area contributed by atoms with Crippen molar-refractivity contribution in [2.24, 2.45) is 17.4 Å². The minimum Gasteiger partial charge on any atom is -0.439 e. The van der Waals surface area contributed by atoms with E-state index in [9.17, 15) is 0 Å². The third-order valence-corrected chi connectivity index (χ3v) is 4.78. The molecule has 1 heterocycles. The number of nitrogens with zero attached hydrogens (tertiary/aromatic N) is 1. The highest BCUT2D eigenvalue weighted by Gasteiger charge is 2.29. The Morgan fingerprint density at radius 3 is 2.56 bits per heavy atom. The smallest absolute Gasteiger partial charge is 0.219 e. The van der Waals surface area contributed by atoms with Crippen molar-refractivity contribution >= 4 is 10.9 Å². The maximum absolute atomic E-state index is 6.24. The molecule has 0 amide bonds. The van der Waals surface area contributed by atoms with Gasteiger partial charge in [0.15, 0.2) is 0 Å². The first-order valence-electron chi connectivity index (χ1n) is 8.86. The largest absolute Gasteiger partial charge is 0.439 e. The fraction of sp³-hybridized carbons (Fsp3) is 0.286. The van der Waals surface area contributed by atoms with E-state index in [1.54, 1.807) is 0 Å². The monoisotopic (exact) mass is 333 g/mol. The molecule has 1 fully saturated rings. The molecule has 0 bridgehead atoms. The summed E-state index contributed by atoms with van der Waals surface area (Å²) in [5.74, 6) is 2.02. The summed E-state index contributed by atoms with van der Waals surface area (Å²) in [6.07, 6.45) is 3.37. The first kappa shape index (κ1) is 16.1. The van der Waals surface area contributed by atoms with E-state index >= 15 is 0 Å². The molecule has 1 atom stereocenters. The molecule has 1 aliphatic carbocycles. The zero-order chi connectivity index (χ0) is 17.2. The molecule has 0 aliphatic heterocycles. The molecule has 4 heteroatoms. The fourth-order valence-electron chi connectivity index (χ4n) is 3.14. The molecule has 3 aromatic rings. The second-order valence-corrected chi connectivity index (χ2v) is 6.75. The van der Waals surface area contributed by atoms with E-state index in [2.05, 4.69) is 29.2 Å². The van der Waals surface area contributed by atoms with Gasteiger partial charge in [0.25, 0.3) is 0 Å². The minimum absolute atomic E-state index is 0.149. The van der Waals surface area contributed by atoms with Gasteiger partial charge in [0.2, 0.25) is 5.88 Å². The normalized spacial score (nSPS) is 15.3. The van der Waals surface area contributed by atoms with Gasteiger partial charge in [0.1, 0.15) is 5.75 Å². The van der Waals surface area contributed by atoms with Gasteiger partial charge in [-0.25, -0.2) is 4.98 Å². The van der Waals surface area contributed by atoms with E-state index in [4.69, 9.17) is 16.2 Å². The van der Waals surface area contributed by atoms with Crippen LogP contribution in [0.15, 0.2) is 54.6 Å². The van der Waals surface area contributed by atoms with E-state index in [0.717, 1.165) is 23.1 Å². The number of nitrogens with two attached hydrogens (primary N) is 2. The van der Waals surface area contributed by atoms with Crippen LogP contribution in [0.25, 0.3) is 10.9 Å². The number of fused-ring (bicyclic) bond motifs is 1. The molecule has 0 saturated heterocycles. The highest BCUT2D eigenvalue weighted by Crippen LogP contribution is 2.39. The third-order valence-electron chi connectivity index (χ3n) is 4.78. The molecule has 128 valence electrons. The van der Waals surface area contributed by atoms with Gasteiger partial charge in [-0.05, 0) is 73.2 Å². The molecule has 1 aliphatic rings. The zero-order valence-corrected chi connectivity index (χ0v) is 14.2. The summed E-state index contributed by atoms with van der Waals surface area (Å²) in [7, 11) is 0. The number of aromatic nitrogens is 1. The van der Waals surface area contributed by atoms with Crippen LogP contribution < -0.4 is 16.2 Å². The molecular weight excluding hydrogens is 310 g/mol. The van der Waals surface area contributed by atoms with Crippen molar-refractivity contribution in [2.45, 2.75) is 25.3 Å². The summed E-state index contributed by atoms with van der Waals surface area (Å²) in [5, 5.41) is 1.10. The highest BCUT2D eigenvalue weighted by atomic mass is 16.5. The van der Waals surface area contributed by atoms with Crippen LogP contribution >= 0.6 is 0 Å². The maximum Gasteiger partial charge on any atom is 0.219 e. The summed E-state index contributed by atoms with van der Waals surface area (Å²) >= 11 is 0. The average Bonchev–Trinajstić information content (AvgIpc) is 3.47. The molecule has 0 spiro atoms. The molecule has 4 nitrogen and oxygen atoms in total. The molecule has 1 saturated carbocycles. The fourth-order valence-corrected chi connectivity index (χ4v) is 3.14. The number of hydrogen-bond donors (Lipinski definition) is 2. The Bertz CT molecular complexity index is 872. The lowest BCUT2D eigenvalue weighted by Gasteiger charge is -2.12. The lowest BCUT2D eigenvalue weighted by Crippen LogP contribution is -2.11. The van der Waals surface area contributed by atoms with Gasteiger partial charge in [-0.2, -0.15) is 0 Å². The first-order chi connectivity index (χ1) is 12.2. The molecular formula is C21H23N3O. The predicted octanol–water partition coefficient (Wildman–Crippen LogP) is 3.94. The van der Waals surface area contributed by atoms with Gasteiger partial charge in [0, 0.05) is 17.5 Å². The molecule has 4 N–H and O–H groups in total. The van der Waals surface area contributed by atoms with Crippen LogP contribution in [0.5, 0.6) is 11.6 Å². The number of pyridine rings is 1. The summed E-state index contributed by atoms with van der Waals surface area (Å²) in [6, 6.07) is 18.3. The summed E-state index contributed by atoms with van der Waals surface area (Å²) in [5.41, 5.74) is 15.2. The van der Waals surface area contributed by atoms with Crippen LogP contribution in [0, 0.1) is 5.92 Å². The summed E-state index contributed by atoms with van der Waals surface area (Å²) in [6.45, 7) is 0.653. The maximum atomic E-state index is 6.24. The Morgan fingerprint density at radius 2 is 1.84 bits per heavy atom. The Kier molecular flexibility index (Phi) is 4.38. The molecule has 1 unspecified atom stereocenters. The van der Waals surface area contributed by atoms with Gasteiger partial charge in [-0.3, -0.25) is 0 Å². The predicted molar refractivity (Wildman–Crippen MR) is 101 cm³/mol. The number of ether oxygens (including phenoxy) is 1. The Morgan fingerprint density at radius 1 is 1.04 bits per heavy atom. The number of benzene rings is 2. The van der Waals surface area contributed by atoms with Crippen LogP contribution in [0.2, 0.25) is 0 Å². The van der Waals surface area contributed by atoms with Crippen molar-refractivity contribution in [2.75, 3.05) is 6.54 Å². The van der Waals surface area contributed by atoms with Gasteiger partial charge < -0.3 is 16.2 Å². The summed E-state index contributed by atoms with van der Waals surface area (Å²) < 4.78 is 5.90. The zero-order valence-electron chi connectivity index (χ0n) is 14.2. The quantitative estimate of drug-likeness (QED) is 0.716. The molecule has 25 heavy (non-hydrogen) atoms. The number of rotatable bonds is 6. The highest BCUT2D eigenvalue weighted by molar-refractivity contribution is 5.79. The van der Waals surface area contributed by atoms with E-state index in [1.807, 2.05) is 30.3 Å². The average molecular weight is 333 g/mol. The van der Waals surface area contributed by atoms with Crippen LogP contribution in [-0.4, -0.2) is 11.5 Å². The Hall–Kier alpha value is -2.43. The summed E-state index contributed by atoms with van der Waals surface area (Å²) in [4.78, 5) is 4.59. The molecule has 4 rings (SSSR count). The van der Waals surface area contributed by atoms with Crippen molar-refractivity contribution in [3.05, 3.63) is 65.7 Å². The van der Waals surface area contributed by atoms with Crippen LogP contribution in [0.1, 0.15) is 30.0 Å². The SMILES string of the molecule is NCCc1ccc2nc(Oc3ccc(C(N)C4CC4)cc3)ccc2c1. The Labute approximate surface area is 147 Å². The van der Waals surface area contributed by atoms with Gasteiger partial charge >= 0.3 is 0 Å². The van der Waals surface area contributed by atoms with Crippen molar-refractivity contribution in [3.8, 4) is 11.6 Å². The minimum atomic E-state index is 0.149. The van der Waals surface area contributed by atoms with Crippen LogP contribution in [0.3, 0.4) is 0 Å². The van der Waals surface area contributed by atoms with E-state index in [-0.39, 0.29) is 6.04 Å². The molecule has 1 aromatic heterocycles. The van der Waals surface area contributed by atoms with E-state index in [1.165, 1.54) is 24.0 Å². The van der Waals surface area contributed by atoms with Gasteiger partial charge in [-0.15, -0.1) is 0 Å². The third kappa shape index (κ3) is 3.65. The van der Waals surface area contributed by atoms with Crippen LogP contribution in [0.4, 0.5) is 0 Å². The van der Waals surface area contributed by atoms with Crippen molar-refractivity contribution in [1.29, 1.82) is 0 Å². The molecule has 0 radical (unpaired) electrons. The topological polar surface area (TPSA) is 74.2 Å². The van der Waals surface area contributed by atoms with Crippen LogP contribution in [-0.2, 0) is 6.42 Å². The Balaban J connectivity index is 1.50. The first-order valence-corrected chi connectivity index (χ1v) is 8.86. The lowest BCUT2D eigenvalue weighted by atomic mass is 10.0. The molecule has 2 aromatic carbocycles. The lowest BCUT2D eigenvalue weighted by molar-refractivity contribution is 0.464.